The number of benzene rings is 2. The lowest BCUT2D eigenvalue weighted by Crippen LogP contribution is -2.14. The normalized spacial score (nSPS) is 16.7. The molecule has 0 saturated heterocycles. The Morgan fingerprint density at radius 1 is 0.895 bits per heavy atom. The number of hydrogen-bond donors (Lipinski definition) is 0. The molecule has 0 saturated carbocycles. The molecule has 3 rings (SSSR count). The van der Waals surface area contributed by atoms with Crippen molar-refractivity contribution in [1.82, 2.24) is 0 Å². The van der Waals surface area contributed by atoms with Crippen molar-refractivity contribution in [3.8, 4) is 5.75 Å². The first-order valence-corrected chi connectivity index (χ1v) is 7.06. The fourth-order valence-corrected chi connectivity index (χ4v) is 3.12. The summed E-state index contributed by atoms with van der Waals surface area (Å²) in [6.45, 7) is 0. The predicted octanol–water partition coefficient (Wildman–Crippen LogP) is 3.15. The van der Waals surface area contributed by atoms with Gasteiger partial charge in [-0.25, -0.2) is 8.42 Å². The molecule has 0 aromatic heterocycles. The van der Waals surface area contributed by atoms with E-state index in [1.165, 1.54) is 18.2 Å². The quantitative estimate of drug-likeness (QED) is 0.803. The van der Waals surface area contributed by atoms with Crippen LogP contribution in [0.2, 0.25) is 0 Å². The van der Waals surface area contributed by atoms with E-state index in [2.05, 4.69) is 0 Å². The van der Waals surface area contributed by atoms with E-state index in [0.717, 1.165) is 0 Å². The van der Waals surface area contributed by atoms with Gasteiger partial charge in [0.2, 0.25) is 9.84 Å². The van der Waals surface area contributed by atoms with Gasteiger partial charge in [0.15, 0.2) is 5.76 Å². The predicted molar refractivity (Wildman–Crippen MR) is 68.7 cm³/mol. The molecule has 0 aliphatic carbocycles. The first-order chi connectivity index (χ1) is 9.10. The number of ether oxygens (including phenoxy) is 1. The van der Waals surface area contributed by atoms with Gasteiger partial charge in [-0.15, -0.1) is 0 Å². The monoisotopic (exact) mass is 276 g/mol. The summed E-state index contributed by atoms with van der Waals surface area (Å²) in [7, 11) is -4.13. The Bertz CT molecular complexity index is 764. The maximum Gasteiger partial charge on any atom is 0.262 e. The molecule has 0 spiro atoms. The summed E-state index contributed by atoms with van der Waals surface area (Å²) >= 11 is 0. The second-order valence-electron chi connectivity index (χ2n) is 4.02. The van der Waals surface area contributed by atoms with Crippen molar-refractivity contribution in [2.45, 2.75) is 4.90 Å². The molecule has 1 heterocycles. The van der Waals surface area contributed by atoms with E-state index >= 15 is 0 Å². The Morgan fingerprint density at radius 2 is 1.53 bits per heavy atom. The summed E-state index contributed by atoms with van der Waals surface area (Å²) in [5.41, 5.74) is 0.387. The number of fused-ring (bicyclic) bond motifs is 1. The number of hydrogen-bond acceptors (Lipinski definition) is 3. The third kappa shape index (κ3) is 1.82. The molecule has 0 amide bonds. The summed E-state index contributed by atoms with van der Waals surface area (Å²) in [6, 6.07) is 14.3. The lowest BCUT2D eigenvalue weighted by Gasteiger charge is -2.19. The summed E-state index contributed by atoms with van der Waals surface area (Å²) < 4.78 is 43.7. The molecule has 19 heavy (non-hydrogen) atoms. The van der Waals surface area contributed by atoms with Crippen LogP contribution in [0.5, 0.6) is 5.75 Å². The Kier molecular flexibility index (Phi) is 2.64. The fraction of sp³-hybridized carbons (Fsp3) is 0. The molecule has 1 aliphatic heterocycles. The van der Waals surface area contributed by atoms with E-state index < -0.39 is 15.0 Å². The van der Waals surface area contributed by atoms with Gasteiger partial charge in [0.25, 0.3) is 5.16 Å². The third-order valence-corrected chi connectivity index (χ3v) is 4.37. The molecule has 2 aromatic carbocycles. The molecule has 0 unspecified atom stereocenters. The Labute approximate surface area is 109 Å². The summed E-state index contributed by atoms with van der Waals surface area (Å²) in [6.07, 6.45) is 0. The minimum absolute atomic E-state index is 0.141. The minimum Gasteiger partial charge on any atom is -0.451 e. The third-order valence-electron chi connectivity index (χ3n) is 2.80. The topological polar surface area (TPSA) is 43.4 Å². The van der Waals surface area contributed by atoms with E-state index in [1.54, 1.807) is 36.4 Å². The maximum atomic E-state index is 14.2. The average molecular weight is 276 g/mol. The molecular weight excluding hydrogens is 267 g/mol. The number of rotatable bonds is 1. The van der Waals surface area contributed by atoms with Crippen LogP contribution in [0.15, 0.2) is 64.7 Å². The molecule has 0 radical (unpaired) electrons. The summed E-state index contributed by atoms with van der Waals surface area (Å²) in [4.78, 5) is -0.146. The smallest absolute Gasteiger partial charge is 0.262 e. The van der Waals surface area contributed by atoms with Crippen LogP contribution in [0.1, 0.15) is 5.56 Å². The van der Waals surface area contributed by atoms with Crippen molar-refractivity contribution < 1.29 is 17.5 Å². The molecule has 5 heteroatoms. The molecule has 0 N–H and O–H groups in total. The van der Waals surface area contributed by atoms with Crippen LogP contribution in [0.3, 0.4) is 0 Å². The fourth-order valence-electron chi connectivity index (χ4n) is 1.89. The average Bonchev–Trinajstić information content (AvgIpc) is 2.44. The van der Waals surface area contributed by atoms with Crippen molar-refractivity contribution in [2.75, 3.05) is 0 Å². The van der Waals surface area contributed by atoms with Crippen LogP contribution in [0.25, 0.3) is 5.76 Å². The largest absolute Gasteiger partial charge is 0.451 e. The van der Waals surface area contributed by atoms with Crippen LogP contribution in [0, 0.1) is 0 Å². The maximum absolute atomic E-state index is 14.2. The van der Waals surface area contributed by atoms with E-state index in [-0.39, 0.29) is 16.4 Å². The van der Waals surface area contributed by atoms with Gasteiger partial charge in [-0.2, -0.15) is 4.39 Å². The molecule has 0 atom stereocenters. The Hall–Kier alpha value is -2.14. The van der Waals surface area contributed by atoms with Gasteiger partial charge in [0.1, 0.15) is 10.6 Å². The van der Waals surface area contributed by atoms with Crippen molar-refractivity contribution >= 4 is 15.6 Å². The van der Waals surface area contributed by atoms with Gasteiger partial charge in [-0.3, -0.25) is 0 Å². The van der Waals surface area contributed by atoms with Gasteiger partial charge >= 0.3 is 0 Å². The second kappa shape index (κ2) is 4.20. The Balaban J connectivity index is 2.25. The van der Waals surface area contributed by atoms with Crippen molar-refractivity contribution in [3.05, 3.63) is 65.3 Å². The minimum atomic E-state index is -4.13. The van der Waals surface area contributed by atoms with E-state index in [9.17, 15) is 12.8 Å². The molecule has 96 valence electrons. The van der Waals surface area contributed by atoms with Gasteiger partial charge in [0, 0.05) is 5.56 Å². The highest BCUT2D eigenvalue weighted by Gasteiger charge is 2.34. The second-order valence-corrected chi connectivity index (χ2v) is 5.83. The van der Waals surface area contributed by atoms with Gasteiger partial charge in [-0.05, 0) is 12.1 Å². The SMILES string of the molecule is O=S1(=O)C(F)=C(c2ccccc2)Oc2ccccc21. The molecule has 2 aromatic rings. The molecule has 0 bridgehead atoms. The molecular formula is C14H9FO3S. The van der Waals surface area contributed by atoms with Crippen LogP contribution in [-0.4, -0.2) is 8.42 Å². The molecule has 1 aliphatic rings. The lowest BCUT2D eigenvalue weighted by atomic mass is 10.2. The zero-order chi connectivity index (χ0) is 13.5. The van der Waals surface area contributed by atoms with Crippen LogP contribution >= 0.6 is 0 Å². The highest BCUT2D eigenvalue weighted by molar-refractivity contribution is 7.95. The van der Waals surface area contributed by atoms with Crippen molar-refractivity contribution in [1.29, 1.82) is 0 Å². The Morgan fingerprint density at radius 3 is 2.26 bits per heavy atom. The van der Waals surface area contributed by atoms with E-state index in [4.69, 9.17) is 4.74 Å². The van der Waals surface area contributed by atoms with Crippen molar-refractivity contribution in [3.63, 3.8) is 0 Å². The summed E-state index contributed by atoms with van der Waals surface area (Å²) in [5, 5.41) is -1.25. The zero-order valence-corrected chi connectivity index (χ0v) is 10.5. The highest BCUT2D eigenvalue weighted by atomic mass is 32.2. The zero-order valence-electron chi connectivity index (χ0n) is 9.71. The van der Waals surface area contributed by atoms with Crippen LogP contribution in [-0.2, 0) is 9.84 Å². The first kappa shape index (κ1) is 11.9. The van der Waals surface area contributed by atoms with Crippen molar-refractivity contribution in [2.24, 2.45) is 0 Å². The van der Waals surface area contributed by atoms with Crippen LogP contribution < -0.4 is 4.74 Å². The van der Waals surface area contributed by atoms with Crippen LogP contribution in [0.4, 0.5) is 4.39 Å². The van der Waals surface area contributed by atoms with E-state index in [0.29, 0.717) is 5.56 Å². The summed E-state index contributed by atoms with van der Waals surface area (Å²) in [5.74, 6) is -0.123. The number of sulfone groups is 1. The van der Waals surface area contributed by atoms with Gasteiger partial charge < -0.3 is 4.74 Å². The number of para-hydroxylation sites is 1. The molecule has 0 fully saturated rings. The molecule has 3 nitrogen and oxygen atoms in total. The first-order valence-electron chi connectivity index (χ1n) is 5.58. The van der Waals surface area contributed by atoms with Gasteiger partial charge in [-0.1, -0.05) is 42.5 Å². The van der Waals surface area contributed by atoms with Gasteiger partial charge in [0.05, 0.1) is 0 Å². The standard InChI is InChI=1S/C14H9FO3S/c15-14-13(10-6-2-1-3-7-10)18-11-8-4-5-9-12(11)19(14,16)17/h1-9H. The van der Waals surface area contributed by atoms with E-state index in [1.807, 2.05) is 0 Å². The lowest BCUT2D eigenvalue weighted by molar-refractivity contribution is 0.465. The number of halogens is 1. The highest BCUT2D eigenvalue weighted by Crippen LogP contribution is 2.40.